The van der Waals surface area contributed by atoms with E-state index in [0.717, 1.165) is 32.0 Å². The average Bonchev–Trinajstić information content (AvgIpc) is 3.08. The summed E-state index contributed by atoms with van der Waals surface area (Å²) in [5, 5.41) is 0.734. The molecule has 1 fully saturated rings. The topological polar surface area (TPSA) is 35.9 Å². The first kappa shape index (κ1) is 22.4. The first-order valence-corrected chi connectivity index (χ1v) is 11.9. The van der Waals surface area contributed by atoms with E-state index in [1.54, 1.807) is 4.90 Å². The zero-order valence-corrected chi connectivity index (χ0v) is 20.4. The third-order valence-electron chi connectivity index (χ3n) is 5.06. The van der Waals surface area contributed by atoms with Crippen LogP contribution in [-0.4, -0.2) is 30.1 Å². The number of anilines is 1. The molecule has 32 heavy (non-hydrogen) atoms. The van der Waals surface area contributed by atoms with Crippen molar-refractivity contribution in [3.8, 4) is 0 Å². The van der Waals surface area contributed by atoms with E-state index in [1.807, 2.05) is 104 Å². The van der Waals surface area contributed by atoms with E-state index in [1.165, 1.54) is 11.8 Å². The normalized spacial score (nSPS) is 16.2. The second-order valence-corrected chi connectivity index (χ2v) is 9.54. The lowest BCUT2D eigenvalue weighted by molar-refractivity contribution is -0.122. The van der Waals surface area contributed by atoms with Gasteiger partial charge in [-0.05, 0) is 62.6 Å². The number of hydrogen-bond donors (Lipinski definition) is 0. The van der Waals surface area contributed by atoms with Crippen LogP contribution in [0.1, 0.15) is 16.7 Å². The van der Waals surface area contributed by atoms with Gasteiger partial charge in [-0.2, -0.15) is 0 Å². The molecule has 0 saturated carbocycles. The number of benzene rings is 3. The minimum absolute atomic E-state index is 0.0153. The van der Waals surface area contributed by atoms with Crippen LogP contribution in [0.5, 0.6) is 0 Å². The average molecular weight is 506 g/mol. The van der Waals surface area contributed by atoms with Gasteiger partial charge in [0.2, 0.25) is 0 Å². The molecule has 1 aliphatic heterocycles. The van der Waals surface area contributed by atoms with Crippen molar-refractivity contribution in [1.29, 1.82) is 0 Å². The van der Waals surface area contributed by atoms with Gasteiger partial charge in [-0.1, -0.05) is 66.7 Å². The van der Waals surface area contributed by atoms with Crippen LogP contribution >= 0.6 is 27.7 Å². The Hall–Kier alpha value is -2.83. The lowest BCUT2D eigenvalue weighted by atomic mass is 10.1. The molecule has 1 heterocycles. The monoisotopic (exact) mass is 505 g/mol. The molecule has 0 spiro atoms. The van der Waals surface area contributed by atoms with Crippen molar-refractivity contribution in [2.24, 2.45) is 4.99 Å². The number of carbonyl (C=O) groups excluding carboxylic acids is 1. The largest absolute Gasteiger partial charge is 0.377 e. The van der Waals surface area contributed by atoms with Crippen LogP contribution in [0.3, 0.4) is 0 Å². The van der Waals surface area contributed by atoms with Crippen LogP contribution < -0.4 is 4.90 Å². The standard InChI is InChI=1S/C26H24BrN3OS/c1-29(2)23-14-13-21(15-22(23)27)16-24-25(31)30(18-20-11-7-4-8-12-20)26(32-24)28-17-19-9-5-3-6-10-19/h3-16H,17-18H2,1-2H3. The summed E-state index contributed by atoms with van der Waals surface area (Å²) >= 11 is 5.07. The van der Waals surface area contributed by atoms with Gasteiger partial charge < -0.3 is 4.90 Å². The van der Waals surface area contributed by atoms with Gasteiger partial charge in [0.15, 0.2) is 5.17 Å². The molecule has 3 aromatic rings. The maximum atomic E-state index is 13.3. The molecular weight excluding hydrogens is 482 g/mol. The van der Waals surface area contributed by atoms with Crippen molar-refractivity contribution in [1.82, 2.24) is 4.90 Å². The Kier molecular flexibility index (Phi) is 7.12. The molecule has 0 aromatic heterocycles. The molecule has 0 bridgehead atoms. The maximum Gasteiger partial charge on any atom is 0.267 e. The van der Waals surface area contributed by atoms with Crippen molar-refractivity contribution < 1.29 is 4.79 Å². The number of thioether (sulfide) groups is 1. The summed E-state index contributed by atoms with van der Waals surface area (Å²) < 4.78 is 0.992. The quantitative estimate of drug-likeness (QED) is 0.374. The second-order valence-electron chi connectivity index (χ2n) is 7.68. The van der Waals surface area contributed by atoms with Gasteiger partial charge in [-0.15, -0.1) is 0 Å². The highest BCUT2D eigenvalue weighted by molar-refractivity contribution is 9.10. The summed E-state index contributed by atoms with van der Waals surface area (Å²) in [5.74, 6) is -0.0153. The molecule has 0 radical (unpaired) electrons. The Morgan fingerprint density at radius 1 is 0.969 bits per heavy atom. The van der Waals surface area contributed by atoms with Gasteiger partial charge in [0.1, 0.15) is 0 Å². The third-order valence-corrected chi connectivity index (χ3v) is 6.74. The van der Waals surface area contributed by atoms with Gasteiger partial charge in [-0.3, -0.25) is 14.7 Å². The number of aliphatic imine (C=N–C) groups is 1. The summed E-state index contributed by atoms with van der Waals surface area (Å²) in [6.07, 6.45) is 1.94. The van der Waals surface area contributed by atoms with Gasteiger partial charge in [0.25, 0.3) is 5.91 Å². The lowest BCUT2D eigenvalue weighted by Gasteiger charge is -2.16. The van der Waals surface area contributed by atoms with Gasteiger partial charge in [-0.25, -0.2) is 0 Å². The number of carbonyl (C=O) groups is 1. The van der Waals surface area contributed by atoms with E-state index in [2.05, 4.69) is 15.9 Å². The molecule has 6 heteroatoms. The van der Waals surface area contributed by atoms with Gasteiger partial charge in [0, 0.05) is 18.6 Å². The van der Waals surface area contributed by atoms with E-state index < -0.39 is 0 Å². The molecule has 0 aliphatic carbocycles. The SMILES string of the molecule is CN(C)c1ccc(C=C2SC(=NCc3ccccc3)N(Cc3ccccc3)C2=O)cc1Br. The highest BCUT2D eigenvalue weighted by Crippen LogP contribution is 2.35. The maximum absolute atomic E-state index is 13.3. The van der Waals surface area contributed by atoms with Crippen molar-refractivity contribution in [2.45, 2.75) is 13.1 Å². The second kappa shape index (κ2) is 10.2. The predicted octanol–water partition coefficient (Wildman–Crippen LogP) is 6.19. The predicted molar refractivity (Wildman–Crippen MR) is 139 cm³/mol. The number of rotatable bonds is 6. The van der Waals surface area contributed by atoms with Crippen LogP contribution in [0.15, 0.2) is 93.2 Å². The van der Waals surface area contributed by atoms with Crippen molar-refractivity contribution in [3.05, 3.63) is 105 Å². The summed E-state index contributed by atoms with van der Waals surface area (Å²) in [4.78, 5) is 22.6. The molecule has 4 nitrogen and oxygen atoms in total. The summed E-state index contributed by atoms with van der Waals surface area (Å²) in [6, 6.07) is 26.2. The van der Waals surface area contributed by atoms with E-state index in [-0.39, 0.29) is 5.91 Å². The van der Waals surface area contributed by atoms with Crippen LogP contribution in [0.25, 0.3) is 6.08 Å². The van der Waals surface area contributed by atoms with Gasteiger partial charge in [0.05, 0.1) is 23.7 Å². The Morgan fingerprint density at radius 2 is 1.62 bits per heavy atom. The lowest BCUT2D eigenvalue weighted by Crippen LogP contribution is -2.28. The van der Waals surface area contributed by atoms with Gasteiger partial charge >= 0.3 is 0 Å². The van der Waals surface area contributed by atoms with Crippen LogP contribution in [0.2, 0.25) is 0 Å². The highest BCUT2D eigenvalue weighted by Gasteiger charge is 2.33. The molecule has 1 amide bonds. The first-order chi connectivity index (χ1) is 15.5. The van der Waals surface area contributed by atoms with Crippen LogP contribution in [0, 0.1) is 0 Å². The third kappa shape index (κ3) is 5.31. The molecular formula is C26H24BrN3OS. The fourth-order valence-corrected chi connectivity index (χ4v) is 5.13. The number of amidine groups is 1. The van der Waals surface area contributed by atoms with E-state index in [4.69, 9.17) is 4.99 Å². The van der Waals surface area contributed by atoms with E-state index >= 15 is 0 Å². The minimum atomic E-state index is -0.0153. The number of nitrogens with zero attached hydrogens (tertiary/aromatic N) is 3. The zero-order valence-electron chi connectivity index (χ0n) is 18.0. The molecule has 3 aromatic carbocycles. The summed E-state index contributed by atoms with van der Waals surface area (Å²) in [7, 11) is 4.01. The Bertz CT molecular complexity index is 1160. The summed E-state index contributed by atoms with van der Waals surface area (Å²) in [5.41, 5.74) is 4.26. The molecule has 0 unspecified atom stereocenters. The Morgan fingerprint density at radius 3 is 2.25 bits per heavy atom. The summed E-state index contributed by atoms with van der Waals surface area (Å²) in [6.45, 7) is 1.04. The number of amides is 1. The molecule has 1 aliphatic rings. The van der Waals surface area contributed by atoms with Crippen molar-refractivity contribution in [3.63, 3.8) is 0 Å². The Labute approximate surface area is 201 Å². The van der Waals surface area contributed by atoms with Crippen molar-refractivity contribution in [2.75, 3.05) is 19.0 Å². The molecule has 1 saturated heterocycles. The van der Waals surface area contributed by atoms with Crippen LogP contribution in [-0.2, 0) is 17.9 Å². The van der Waals surface area contributed by atoms with Crippen molar-refractivity contribution >= 4 is 50.5 Å². The highest BCUT2D eigenvalue weighted by atomic mass is 79.9. The fourth-order valence-electron chi connectivity index (χ4n) is 3.40. The first-order valence-electron chi connectivity index (χ1n) is 10.3. The Balaban J connectivity index is 1.63. The number of hydrogen-bond acceptors (Lipinski definition) is 4. The fraction of sp³-hybridized carbons (Fsp3) is 0.154. The molecule has 0 N–H and O–H groups in total. The number of halogens is 1. The molecule has 162 valence electrons. The van der Waals surface area contributed by atoms with E-state index in [0.29, 0.717) is 18.0 Å². The minimum Gasteiger partial charge on any atom is -0.377 e. The molecule has 0 atom stereocenters. The van der Waals surface area contributed by atoms with Crippen LogP contribution in [0.4, 0.5) is 5.69 Å². The van der Waals surface area contributed by atoms with E-state index in [9.17, 15) is 4.79 Å². The molecule has 4 rings (SSSR count). The smallest absolute Gasteiger partial charge is 0.267 e. The zero-order chi connectivity index (χ0) is 22.5.